The maximum Gasteiger partial charge on any atom is 0.329 e. The summed E-state index contributed by atoms with van der Waals surface area (Å²) in [6, 6.07) is 15.1. The molecule has 37 heavy (non-hydrogen) atoms. The summed E-state index contributed by atoms with van der Waals surface area (Å²) in [4.78, 5) is 10.7. The maximum absolute atomic E-state index is 15.3. The fraction of sp³-hybridized carbons (Fsp3) is 0.467. The second-order valence-corrected chi connectivity index (χ2v) is 9.21. The lowest BCUT2D eigenvalue weighted by Gasteiger charge is -2.28. The number of methoxy groups -OCH3 is 1. The highest BCUT2D eigenvalue weighted by atomic mass is 19.1. The molecule has 0 saturated heterocycles. The first-order chi connectivity index (χ1) is 18.0. The molecule has 7 heteroatoms. The Kier molecular flexibility index (Phi) is 10.7. The minimum atomic E-state index is -0.934. The molecule has 0 radical (unpaired) electrons. The standard InChI is InChI=1S/C28H33FN2O4.C2H6/c1-3-25-27(21-7-5-4-6-8-21)28(23-14-13-22(34-2)15-24(23)29)31(30-25)16-19-9-11-20(12-10-19)17-35-18-26(32)33;1-2/h4-8,13-15,19-20H,3,9-12,16-18H2,1-2H3,(H,32,33);1-2H3. The molecule has 0 spiro atoms. The van der Waals surface area contributed by atoms with Crippen molar-refractivity contribution in [3.05, 3.63) is 60.0 Å². The van der Waals surface area contributed by atoms with Crippen LogP contribution in [-0.4, -0.2) is 41.2 Å². The number of nitrogens with zero attached hydrogens (tertiary/aromatic N) is 2. The number of aliphatic carboxylic acids is 1. The monoisotopic (exact) mass is 510 g/mol. The Morgan fingerprint density at radius 1 is 1.08 bits per heavy atom. The van der Waals surface area contributed by atoms with Crippen molar-refractivity contribution in [2.24, 2.45) is 11.8 Å². The number of aryl methyl sites for hydroxylation is 1. The Morgan fingerprint density at radius 3 is 2.35 bits per heavy atom. The second-order valence-electron chi connectivity index (χ2n) is 9.21. The topological polar surface area (TPSA) is 73.6 Å². The molecule has 0 amide bonds. The fourth-order valence-electron chi connectivity index (χ4n) is 5.03. The Bertz CT molecular complexity index is 1140. The van der Waals surface area contributed by atoms with Crippen LogP contribution in [0.3, 0.4) is 0 Å². The molecular formula is C30H39FN2O4. The van der Waals surface area contributed by atoms with Crippen molar-refractivity contribution in [2.75, 3.05) is 20.3 Å². The summed E-state index contributed by atoms with van der Waals surface area (Å²) in [6.45, 7) is 7.03. The van der Waals surface area contributed by atoms with Crippen LogP contribution in [0, 0.1) is 17.7 Å². The number of rotatable bonds is 10. The van der Waals surface area contributed by atoms with E-state index in [2.05, 4.69) is 6.92 Å². The number of hydrogen-bond acceptors (Lipinski definition) is 4. The van der Waals surface area contributed by atoms with E-state index in [0.29, 0.717) is 36.3 Å². The van der Waals surface area contributed by atoms with Gasteiger partial charge in [0.15, 0.2) is 0 Å². The zero-order valence-electron chi connectivity index (χ0n) is 22.4. The smallest absolute Gasteiger partial charge is 0.329 e. The van der Waals surface area contributed by atoms with Gasteiger partial charge < -0.3 is 14.6 Å². The molecule has 1 saturated carbocycles. The van der Waals surface area contributed by atoms with E-state index in [0.717, 1.165) is 54.6 Å². The summed E-state index contributed by atoms with van der Waals surface area (Å²) in [7, 11) is 1.53. The van der Waals surface area contributed by atoms with Crippen LogP contribution >= 0.6 is 0 Å². The van der Waals surface area contributed by atoms with Gasteiger partial charge in [0.1, 0.15) is 18.2 Å². The van der Waals surface area contributed by atoms with Crippen molar-refractivity contribution in [3.8, 4) is 28.1 Å². The number of ether oxygens (including phenoxy) is 2. The summed E-state index contributed by atoms with van der Waals surface area (Å²) in [5.74, 6) is 0.0192. The first-order valence-electron chi connectivity index (χ1n) is 13.3. The Labute approximate surface area is 219 Å². The van der Waals surface area contributed by atoms with Gasteiger partial charge in [-0.3, -0.25) is 4.68 Å². The molecule has 4 rings (SSSR count). The van der Waals surface area contributed by atoms with Crippen molar-refractivity contribution in [3.63, 3.8) is 0 Å². The number of aromatic nitrogens is 2. The molecule has 2 aromatic carbocycles. The van der Waals surface area contributed by atoms with Crippen molar-refractivity contribution in [1.29, 1.82) is 0 Å². The molecule has 1 aromatic heterocycles. The summed E-state index contributed by atoms with van der Waals surface area (Å²) >= 11 is 0. The van der Waals surface area contributed by atoms with E-state index in [1.165, 1.54) is 13.2 Å². The molecule has 1 aliphatic carbocycles. The molecule has 3 aromatic rings. The lowest BCUT2D eigenvalue weighted by atomic mass is 9.82. The molecule has 1 fully saturated rings. The average molecular weight is 511 g/mol. The lowest BCUT2D eigenvalue weighted by molar-refractivity contribution is -0.142. The van der Waals surface area contributed by atoms with Gasteiger partial charge >= 0.3 is 5.97 Å². The highest BCUT2D eigenvalue weighted by molar-refractivity contribution is 5.83. The highest BCUT2D eigenvalue weighted by Crippen LogP contribution is 2.39. The Balaban J connectivity index is 0.00000186. The number of carboxylic acids is 1. The van der Waals surface area contributed by atoms with E-state index < -0.39 is 5.97 Å². The molecule has 200 valence electrons. The van der Waals surface area contributed by atoms with Gasteiger partial charge in [0, 0.05) is 23.7 Å². The summed E-state index contributed by atoms with van der Waals surface area (Å²) in [5.41, 5.74) is 4.29. The van der Waals surface area contributed by atoms with Gasteiger partial charge in [-0.2, -0.15) is 5.10 Å². The van der Waals surface area contributed by atoms with Gasteiger partial charge in [-0.15, -0.1) is 0 Å². The van der Waals surface area contributed by atoms with Crippen LogP contribution in [0.1, 0.15) is 52.1 Å². The molecule has 1 N–H and O–H groups in total. The van der Waals surface area contributed by atoms with Crippen LogP contribution < -0.4 is 4.74 Å². The van der Waals surface area contributed by atoms with E-state index >= 15 is 4.39 Å². The van der Waals surface area contributed by atoms with Crippen molar-refractivity contribution in [1.82, 2.24) is 9.78 Å². The number of halogens is 1. The molecule has 6 nitrogen and oxygen atoms in total. The third kappa shape index (κ3) is 7.19. The van der Waals surface area contributed by atoms with Crippen LogP contribution in [0.5, 0.6) is 5.75 Å². The zero-order valence-corrected chi connectivity index (χ0v) is 22.4. The Hall–Kier alpha value is -3.19. The average Bonchev–Trinajstić information content (AvgIpc) is 3.28. The zero-order chi connectivity index (χ0) is 26.8. The van der Waals surface area contributed by atoms with Gasteiger partial charge in [-0.05, 0) is 61.6 Å². The minimum Gasteiger partial charge on any atom is -0.497 e. The van der Waals surface area contributed by atoms with Crippen LogP contribution in [0.15, 0.2) is 48.5 Å². The highest BCUT2D eigenvalue weighted by Gasteiger charge is 2.27. The third-order valence-corrected chi connectivity index (χ3v) is 6.83. The predicted molar refractivity (Wildman–Crippen MR) is 144 cm³/mol. The van der Waals surface area contributed by atoms with Crippen LogP contribution in [0.25, 0.3) is 22.4 Å². The number of carbonyl (C=O) groups is 1. The van der Waals surface area contributed by atoms with Crippen molar-refractivity contribution in [2.45, 2.75) is 59.4 Å². The summed E-state index contributed by atoms with van der Waals surface area (Å²) < 4.78 is 27.9. The summed E-state index contributed by atoms with van der Waals surface area (Å²) in [5, 5.41) is 13.8. The van der Waals surface area contributed by atoms with E-state index in [4.69, 9.17) is 19.7 Å². The number of benzene rings is 2. The lowest BCUT2D eigenvalue weighted by Crippen LogP contribution is -2.23. The van der Waals surface area contributed by atoms with E-state index in [1.54, 1.807) is 12.1 Å². The van der Waals surface area contributed by atoms with E-state index in [-0.39, 0.29) is 12.4 Å². The molecule has 0 atom stereocenters. The van der Waals surface area contributed by atoms with Gasteiger partial charge in [0.05, 0.1) is 25.1 Å². The van der Waals surface area contributed by atoms with Gasteiger partial charge in [0.2, 0.25) is 0 Å². The number of hydrogen-bond donors (Lipinski definition) is 1. The molecule has 0 bridgehead atoms. The first kappa shape index (κ1) is 28.4. The Morgan fingerprint density at radius 2 is 1.76 bits per heavy atom. The van der Waals surface area contributed by atoms with Crippen molar-refractivity contribution >= 4 is 5.97 Å². The van der Waals surface area contributed by atoms with Crippen LogP contribution in [0.4, 0.5) is 4.39 Å². The van der Waals surface area contributed by atoms with E-state index in [9.17, 15) is 4.79 Å². The third-order valence-electron chi connectivity index (χ3n) is 6.83. The number of carboxylic acid groups (broad SMARTS) is 1. The van der Waals surface area contributed by atoms with Gasteiger partial charge in [-0.25, -0.2) is 9.18 Å². The summed E-state index contributed by atoms with van der Waals surface area (Å²) in [6.07, 6.45) is 4.74. The van der Waals surface area contributed by atoms with Crippen LogP contribution in [-0.2, 0) is 22.5 Å². The van der Waals surface area contributed by atoms with Gasteiger partial charge in [-0.1, -0.05) is 51.1 Å². The van der Waals surface area contributed by atoms with Gasteiger partial charge in [0.25, 0.3) is 0 Å². The second kappa shape index (κ2) is 13.9. The molecule has 0 aliphatic heterocycles. The first-order valence-corrected chi connectivity index (χ1v) is 13.3. The fourth-order valence-corrected chi connectivity index (χ4v) is 5.03. The van der Waals surface area contributed by atoms with Crippen LogP contribution in [0.2, 0.25) is 0 Å². The molecule has 1 aliphatic rings. The largest absolute Gasteiger partial charge is 0.497 e. The predicted octanol–water partition coefficient (Wildman–Crippen LogP) is 6.86. The maximum atomic E-state index is 15.3. The SMILES string of the molecule is CC.CCc1nn(CC2CCC(COCC(=O)O)CC2)c(-c2ccc(OC)cc2F)c1-c1ccccc1. The molecule has 0 unspecified atom stereocenters. The van der Waals surface area contributed by atoms with Crippen molar-refractivity contribution < 1.29 is 23.8 Å². The quantitative estimate of drug-likeness (QED) is 0.322. The minimum absolute atomic E-state index is 0.244. The molecule has 1 heterocycles. The molecular weight excluding hydrogens is 471 g/mol. The normalized spacial score (nSPS) is 17.1. The van der Waals surface area contributed by atoms with E-state index in [1.807, 2.05) is 48.9 Å².